The zero-order chi connectivity index (χ0) is 23.6. The van der Waals surface area contributed by atoms with Gasteiger partial charge in [0.2, 0.25) is 5.91 Å². The Balaban J connectivity index is 1.44. The highest BCUT2D eigenvalue weighted by Crippen LogP contribution is 2.24. The highest BCUT2D eigenvalue weighted by Gasteiger charge is 2.32. The van der Waals surface area contributed by atoms with Crippen molar-refractivity contribution in [2.45, 2.75) is 56.4 Å². The van der Waals surface area contributed by atoms with E-state index in [4.69, 9.17) is 0 Å². The fourth-order valence-electron chi connectivity index (χ4n) is 4.07. The van der Waals surface area contributed by atoms with Gasteiger partial charge in [-0.05, 0) is 67.5 Å². The Labute approximate surface area is 195 Å². The Morgan fingerprint density at radius 3 is 2.42 bits per heavy atom. The lowest BCUT2D eigenvalue weighted by Crippen LogP contribution is -2.45. The fourth-order valence-corrected chi connectivity index (χ4v) is 5.12. The second-order valence-corrected chi connectivity index (χ2v) is 11.0. The van der Waals surface area contributed by atoms with Crippen LogP contribution in [0.5, 0.6) is 0 Å². The number of carbonyl (C=O) groups is 2. The molecule has 1 aliphatic carbocycles. The molecule has 1 saturated carbocycles. The van der Waals surface area contributed by atoms with Gasteiger partial charge in [0.15, 0.2) is 0 Å². The van der Waals surface area contributed by atoms with Crippen LogP contribution in [0.2, 0.25) is 0 Å². The third kappa shape index (κ3) is 5.74. The molecule has 1 aliphatic heterocycles. The van der Waals surface area contributed by atoms with Gasteiger partial charge in [0.05, 0.1) is 10.8 Å². The summed E-state index contributed by atoms with van der Waals surface area (Å²) in [5, 5.41) is 3.03. The maximum Gasteiger partial charge on any atom is 0.261 e. The van der Waals surface area contributed by atoms with Crippen LogP contribution in [0.4, 0.5) is 5.69 Å². The number of nitrogens with one attached hydrogen (secondary N) is 2. The van der Waals surface area contributed by atoms with Crippen molar-refractivity contribution in [3.63, 3.8) is 0 Å². The molecule has 2 aromatic carbocycles. The SMILES string of the molecule is CC(C)c1ccc(S(=O)(=O)Nc2cccc(C(=O)N3CCCC(C(=O)NC4CC4)C3)c2)cc1. The molecule has 0 aromatic heterocycles. The van der Waals surface area contributed by atoms with Gasteiger partial charge in [-0.15, -0.1) is 0 Å². The van der Waals surface area contributed by atoms with Crippen molar-refractivity contribution in [1.29, 1.82) is 0 Å². The molecule has 4 rings (SSSR count). The van der Waals surface area contributed by atoms with Crippen LogP contribution >= 0.6 is 0 Å². The number of carbonyl (C=O) groups excluding carboxylic acids is 2. The smallest absolute Gasteiger partial charge is 0.261 e. The van der Waals surface area contributed by atoms with Crippen LogP contribution in [-0.2, 0) is 14.8 Å². The number of amides is 2. The number of likely N-dealkylation sites (tertiary alicyclic amines) is 1. The van der Waals surface area contributed by atoms with E-state index in [2.05, 4.69) is 10.0 Å². The van der Waals surface area contributed by atoms with Crippen LogP contribution in [-0.4, -0.2) is 44.3 Å². The predicted molar refractivity (Wildman–Crippen MR) is 128 cm³/mol. The van der Waals surface area contributed by atoms with Crippen molar-refractivity contribution >= 4 is 27.5 Å². The van der Waals surface area contributed by atoms with E-state index in [0.29, 0.717) is 36.3 Å². The summed E-state index contributed by atoms with van der Waals surface area (Å²) in [6.07, 6.45) is 3.61. The molecule has 1 atom stereocenters. The van der Waals surface area contributed by atoms with Crippen molar-refractivity contribution in [3.8, 4) is 0 Å². The molecule has 2 aliphatic rings. The molecule has 8 heteroatoms. The molecule has 2 N–H and O–H groups in total. The van der Waals surface area contributed by atoms with Crippen LogP contribution in [0.1, 0.15) is 61.4 Å². The van der Waals surface area contributed by atoms with E-state index < -0.39 is 10.0 Å². The van der Waals surface area contributed by atoms with E-state index in [1.54, 1.807) is 41.3 Å². The number of benzene rings is 2. The molecule has 1 unspecified atom stereocenters. The molecule has 0 spiro atoms. The van der Waals surface area contributed by atoms with Gasteiger partial charge >= 0.3 is 0 Å². The largest absolute Gasteiger partial charge is 0.353 e. The van der Waals surface area contributed by atoms with Crippen LogP contribution in [0, 0.1) is 5.92 Å². The van der Waals surface area contributed by atoms with Crippen LogP contribution in [0.15, 0.2) is 53.4 Å². The van der Waals surface area contributed by atoms with E-state index >= 15 is 0 Å². The first-order valence-corrected chi connectivity index (χ1v) is 13.0. The highest BCUT2D eigenvalue weighted by atomic mass is 32.2. The molecule has 33 heavy (non-hydrogen) atoms. The van der Waals surface area contributed by atoms with E-state index in [9.17, 15) is 18.0 Å². The Hall–Kier alpha value is -2.87. The van der Waals surface area contributed by atoms with Gasteiger partial charge in [0.25, 0.3) is 15.9 Å². The Morgan fingerprint density at radius 2 is 1.76 bits per heavy atom. The van der Waals surface area contributed by atoms with Gasteiger partial charge < -0.3 is 10.2 Å². The van der Waals surface area contributed by atoms with Crippen LogP contribution in [0.25, 0.3) is 0 Å². The van der Waals surface area contributed by atoms with Crippen molar-refractivity contribution in [2.75, 3.05) is 17.8 Å². The number of hydrogen-bond acceptors (Lipinski definition) is 4. The highest BCUT2D eigenvalue weighted by molar-refractivity contribution is 7.92. The third-order valence-corrected chi connectivity index (χ3v) is 7.62. The second-order valence-electron chi connectivity index (χ2n) is 9.28. The zero-order valence-corrected chi connectivity index (χ0v) is 19.9. The van der Waals surface area contributed by atoms with Crippen molar-refractivity contribution in [3.05, 3.63) is 59.7 Å². The first-order valence-electron chi connectivity index (χ1n) is 11.6. The topological polar surface area (TPSA) is 95.6 Å². The maximum absolute atomic E-state index is 13.1. The molecular formula is C25H31N3O4S. The summed E-state index contributed by atoms with van der Waals surface area (Å²) in [6.45, 7) is 5.07. The summed E-state index contributed by atoms with van der Waals surface area (Å²) in [5.74, 6) is -0.0494. The van der Waals surface area contributed by atoms with E-state index in [0.717, 1.165) is 31.2 Å². The van der Waals surface area contributed by atoms with Gasteiger partial charge in [-0.3, -0.25) is 14.3 Å². The standard InChI is InChI=1S/C25H31N3O4S/c1-17(2)18-8-12-23(13-9-18)33(31,32)27-22-7-3-5-19(15-22)25(30)28-14-4-6-20(16-28)24(29)26-21-10-11-21/h3,5,7-9,12-13,15,17,20-21,27H,4,6,10-11,14,16H2,1-2H3,(H,26,29). The summed E-state index contributed by atoms with van der Waals surface area (Å²) in [4.78, 5) is 27.4. The maximum atomic E-state index is 13.1. The first kappa shape index (κ1) is 23.3. The number of anilines is 1. The monoisotopic (exact) mass is 469 g/mol. The summed E-state index contributed by atoms with van der Waals surface area (Å²) in [6, 6.07) is 13.6. The van der Waals surface area contributed by atoms with Crippen molar-refractivity contribution < 1.29 is 18.0 Å². The van der Waals surface area contributed by atoms with Gasteiger partial charge in [-0.2, -0.15) is 0 Å². The molecule has 1 heterocycles. The normalized spacial score (nSPS) is 18.8. The van der Waals surface area contributed by atoms with Crippen molar-refractivity contribution in [2.24, 2.45) is 5.92 Å². The Morgan fingerprint density at radius 1 is 1.03 bits per heavy atom. The summed E-state index contributed by atoms with van der Waals surface area (Å²) in [5.41, 5.74) is 1.79. The average molecular weight is 470 g/mol. The van der Waals surface area contributed by atoms with Gasteiger partial charge in [0, 0.05) is 30.4 Å². The summed E-state index contributed by atoms with van der Waals surface area (Å²) < 4.78 is 28.2. The molecular weight excluding hydrogens is 438 g/mol. The molecule has 2 aromatic rings. The quantitative estimate of drug-likeness (QED) is 0.646. The molecule has 176 valence electrons. The fraction of sp³-hybridized carbons (Fsp3) is 0.440. The van der Waals surface area contributed by atoms with Crippen molar-refractivity contribution in [1.82, 2.24) is 10.2 Å². The minimum atomic E-state index is -3.78. The summed E-state index contributed by atoms with van der Waals surface area (Å²) in [7, 11) is -3.78. The number of nitrogens with zero attached hydrogens (tertiary/aromatic N) is 1. The Bertz CT molecular complexity index is 1120. The molecule has 2 fully saturated rings. The lowest BCUT2D eigenvalue weighted by molar-refractivity contribution is -0.126. The molecule has 0 radical (unpaired) electrons. The van der Waals surface area contributed by atoms with Crippen LogP contribution < -0.4 is 10.0 Å². The van der Waals surface area contributed by atoms with Gasteiger partial charge in [-0.25, -0.2) is 8.42 Å². The first-order chi connectivity index (χ1) is 15.7. The van der Waals surface area contributed by atoms with E-state index in [1.807, 2.05) is 26.0 Å². The number of piperidine rings is 1. The second kappa shape index (κ2) is 9.55. The Kier molecular flexibility index (Phi) is 6.74. The number of sulfonamides is 1. The minimum absolute atomic E-state index is 0.0278. The van der Waals surface area contributed by atoms with Crippen LogP contribution in [0.3, 0.4) is 0 Å². The minimum Gasteiger partial charge on any atom is -0.353 e. The van der Waals surface area contributed by atoms with Gasteiger partial charge in [0.1, 0.15) is 0 Å². The molecule has 0 bridgehead atoms. The van der Waals surface area contributed by atoms with E-state index in [-0.39, 0.29) is 22.6 Å². The molecule has 2 amide bonds. The lowest BCUT2D eigenvalue weighted by Gasteiger charge is -2.32. The number of rotatable bonds is 7. The predicted octanol–water partition coefficient (Wildman–Crippen LogP) is 3.74. The summed E-state index contributed by atoms with van der Waals surface area (Å²) >= 11 is 0. The zero-order valence-electron chi connectivity index (χ0n) is 19.1. The molecule has 7 nitrogen and oxygen atoms in total. The van der Waals surface area contributed by atoms with Gasteiger partial charge in [-0.1, -0.05) is 32.0 Å². The van der Waals surface area contributed by atoms with E-state index in [1.165, 1.54) is 0 Å². The average Bonchev–Trinajstić information content (AvgIpc) is 3.62. The number of hydrogen-bond donors (Lipinski definition) is 2. The third-order valence-electron chi connectivity index (χ3n) is 6.22. The molecule has 1 saturated heterocycles. The lowest BCUT2D eigenvalue weighted by atomic mass is 9.96.